The van der Waals surface area contributed by atoms with E-state index in [2.05, 4.69) is 24.1 Å². The highest BCUT2D eigenvalue weighted by atomic mass is 15.5. The molecule has 0 aromatic carbocycles. The van der Waals surface area contributed by atoms with E-state index >= 15 is 0 Å². The lowest BCUT2D eigenvalue weighted by atomic mass is 10.2. The van der Waals surface area contributed by atoms with Crippen LogP contribution in [0.5, 0.6) is 0 Å². The zero-order valence-electron chi connectivity index (χ0n) is 10.2. The highest BCUT2D eigenvalue weighted by molar-refractivity contribution is 6.07. The lowest BCUT2D eigenvalue weighted by molar-refractivity contribution is -0.717. The normalized spacial score (nSPS) is 27.2. The number of fused-ring (bicyclic) bond motifs is 3. The minimum absolute atomic E-state index is 0.742. The number of nitrogens with zero attached hydrogens (tertiary/aromatic N) is 5. The summed E-state index contributed by atoms with van der Waals surface area (Å²) in [4.78, 5) is 9.35. The maximum Gasteiger partial charge on any atom is 0.257 e. The minimum Gasteiger partial charge on any atom is -0.259 e. The van der Waals surface area contributed by atoms with Crippen LogP contribution in [-0.4, -0.2) is 46.1 Å². The van der Waals surface area contributed by atoms with Crippen molar-refractivity contribution in [3.63, 3.8) is 0 Å². The van der Waals surface area contributed by atoms with E-state index in [-0.39, 0.29) is 0 Å². The Bertz CT molecular complexity index is 537. The molecule has 2 aliphatic heterocycles. The predicted octanol–water partition coefficient (Wildman–Crippen LogP) is 0.999. The van der Waals surface area contributed by atoms with E-state index in [1.165, 1.54) is 0 Å². The molecular formula is C11H16N5+. The molecule has 0 saturated heterocycles. The first-order valence-corrected chi connectivity index (χ1v) is 5.54. The van der Waals surface area contributed by atoms with Gasteiger partial charge in [0, 0.05) is 14.0 Å². The molecule has 3 rings (SSSR count). The van der Waals surface area contributed by atoms with Gasteiger partial charge in [0.25, 0.3) is 5.84 Å². The number of hydrogen-bond acceptors (Lipinski definition) is 3. The van der Waals surface area contributed by atoms with Crippen LogP contribution in [0.15, 0.2) is 9.98 Å². The molecule has 1 atom stereocenters. The maximum atomic E-state index is 4.71. The van der Waals surface area contributed by atoms with Gasteiger partial charge in [-0.2, -0.15) is 10.1 Å². The van der Waals surface area contributed by atoms with Gasteiger partial charge in [0.05, 0.1) is 19.3 Å². The van der Waals surface area contributed by atoms with E-state index in [0.29, 0.717) is 0 Å². The van der Waals surface area contributed by atoms with Crippen LogP contribution >= 0.6 is 0 Å². The summed E-state index contributed by atoms with van der Waals surface area (Å²) in [7, 11) is 4.14. The van der Waals surface area contributed by atoms with Gasteiger partial charge in [-0.3, -0.25) is 4.68 Å². The zero-order valence-corrected chi connectivity index (χ0v) is 10.2. The van der Waals surface area contributed by atoms with Gasteiger partial charge in [-0.05, 0) is 6.92 Å². The van der Waals surface area contributed by atoms with Crippen molar-refractivity contribution < 1.29 is 4.48 Å². The smallest absolute Gasteiger partial charge is 0.257 e. The number of quaternary nitrogens is 1. The lowest BCUT2D eigenvalue weighted by Gasteiger charge is -2.31. The number of aromatic nitrogens is 2. The van der Waals surface area contributed by atoms with Crippen molar-refractivity contribution in [2.75, 3.05) is 20.1 Å². The minimum atomic E-state index is 0.742. The number of aliphatic imine (C=N–C) groups is 2. The van der Waals surface area contributed by atoms with Gasteiger partial charge < -0.3 is 0 Å². The van der Waals surface area contributed by atoms with Gasteiger partial charge in [-0.1, -0.05) is 0 Å². The topological polar surface area (TPSA) is 42.5 Å². The third-order valence-corrected chi connectivity index (χ3v) is 3.67. The molecule has 3 heterocycles. The number of likely N-dealkylation sites (N-methyl/N-ethyl adjacent to an activating group) is 1. The molecule has 2 aliphatic rings. The first-order valence-electron chi connectivity index (χ1n) is 5.54. The summed E-state index contributed by atoms with van der Waals surface area (Å²) in [6, 6.07) is 0. The van der Waals surface area contributed by atoms with Crippen molar-refractivity contribution in [3.05, 3.63) is 11.4 Å². The Morgan fingerprint density at radius 2 is 2.06 bits per heavy atom. The van der Waals surface area contributed by atoms with E-state index in [9.17, 15) is 0 Å². The fourth-order valence-electron chi connectivity index (χ4n) is 2.55. The second-order valence-electron chi connectivity index (χ2n) is 4.69. The molecule has 0 radical (unpaired) electrons. The summed E-state index contributed by atoms with van der Waals surface area (Å²) in [6.45, 7) is 5.97. The molecule has 1 unspecified atom stereocenters. The van der Waals surface area contributed by atoms with Gasteiger partial charge in [0.2, 0.25) is 5.84 Å². The fraction of sp³-hybridized carbons (Fsp3) is 0.545. The average molecular weight is 218 g/mol. The first-order chi connectivity index (χ1) is 7.54. The summed E-state index contributed by atoms with van der Waals surface area (Å²) >= 11 is 0. The maximum absolute atomic E-state index is 4.71. The SMILES string of the molecule is CC1=Nc2c(C)nn(C)c2C2=NCC[N+]12C. The van der Waals surface area contributed by atoms with E-state index in [0.717, 1.165) is 46.3 Å². The summed E-state index contributed by atoms with van der Waals surface area (Å²) in [5.74, 6) is 2.23. The van der Waals surface area contributed by atoms with E-state index < -0.39 is 0 Å². The number of hydrogen-bond donors (Lipinski definition) is 0. The van der Waals surface area contributed by atoms with E-state index in [4.69, 9.17) is 4.99 Å². The predicted molar refractivity (Wildman–Crippen MR) is 63.2 cm³/mol. The monoisotopic (exact) mass is 218 g/mol. The molecule has 0 fully saturated rings. The Labute approximate surface area is 94.7 Å². The van der Waals surface area contributed by atoms with Crippen molar-refractivity contribution in [1.82, 2.24) is 9.78 Å². The molecule has 16 heavy (non-hydrogen) atoms. The van der Waals surface area contributed by atoms with Crippen LogP contribution in [0.4, 0.5) is 5.69 Å². The van der Waals surface area contributed by atoms with Gasteiger partial charge in [-0.15, -0.1) is 0 Å². The molecule has 5 nitrogen and oxygen atoms in total. The molecule has 5 heteroatoms. The second-order valence-corrected chi connectivity index (χ2v) is 4.69. The largest absolute Gasteiger partial charge is 0.259 e. The molecule has 84 valence electrons. The third kappa shape index (κ3) is 0.962. The average Bonchev–Trinajstić information content (AvgIpc) is 2.71. The van der Waals surface area contributed by atoms with Crippen LogP contribution in [0.3, 0.4) is 0 Å². The Hall–Kier alpha value is -1.49. The molecular weight excluding hydrogens is 202 g/mol. The Morgan fingerprint density at radius 3 is 2.81 bits per heavy atom. The van der Waals surface area contributed by atoms with Gasteiger partial charge >= 0.3 is 0 Å². The molecule has 0 aliphatic carbocycles. The lowest BCUT2D eigenvalue weighted by Crippen LogP contribution is -2.53. The number of amidine groups is 2. The standard InChI is InChI=1S/C11H16N5/c1-7-9-10(15(3)14-7)11-12-5-6-16(11,4)8(2)13-9/h5-6H2,1-4H3/q+1. The number of rotatable bonds is 0. The molecule has 0 amide bonds. The van der Waals surface area contributed by atoms with E-state index in [1.54, 1.807) is 0 Å². The molecule has 1 aromatic heterocycles. The van der Waals surface area contributed by atoms with Crippen molar-refractivity contribution >= 4 is 17.4 Å². The Balaban J connectivity index is 2.35. The van der Waals surface area contributed by atoms with Crippen LogP contribution in [0, 0.1) is 6.92 Å². The van der Waals surface area contributed by atoms with Crippen molar-refractivity contribution in [3.8, 4) is 0 Å². The molecule has 0 N–H and O–H groups in total. The summed E-state index contributed by atoms with van der Waals surface area (Å²) in [5.41, 5.74) is 3.07. The molecule has 0 spiro atoms. The van der Waals surface area contributed by atoms with Crippen molar-refractivity contribution in [1.29, 1.82) is 0 Å². The van der Waals surface area contributed by atoms with Gasteiger partial charge in [-0.25, -0.2) is 9.48 Å². The highest BCUT2D eigenvalue weighted by Gasteiger charge is 2.44. The van der Waals surface area contributed by atoms with Crippen LogP contribution in [0.2, 0.25) is 0 Å². The summed E-state index contributed by atoms with van der Waals surface area (Å²) in [6.07, 6.45) is 0. The van der Waals surface area contributed by atoms with Crippen LogP contribution in [0.25, 0.3) is 0 Å². The van der Waals surface area contributed by atoms with Crippen LogP contribution in [-0.2, 0) is 7.05 Å². The highest BCUT2D eigenvalue weighted by Crippen LogP contribution is 2.34. The first kappa shape index (κ1) is 9.72. The Kier molecular flexibility index (Phi) is 1.70. The van der Waals surface area contributed by atoms with Crippen molar-refractivity contribution in [2.45, 2.75) is 13.8 Å². The van der Waals surface area contributed by atoms with Gasteiger partial charge in [0.15, 0.2) is 5.69 Å². The molecule has 0 saturated carbocycles. The van der Waals surface area contributed by atoms with Gasteiger partial charge in [0.1, 0.15) is 12.2 Å². The number of aryl methyl sites for hydroxylation is 2. The quantitative estimate of drug-likeness (QED) is 0.599. The molecule has 1 aromatic rings. The van der Waals surface area contributed by atoms with E-state index in [1.807, 2.05) is 18.7 Å². The zero-order chi connectivity index (χ0) is 11.5. The van der Waals surface area contributed by atoms with Crippen LogP contribution < -0.4 is 0 Å². The summed E-state index contributed by atoms with van der Waals surface area (Å²) < 4.78 is 2.65. The second kappa shape index (κ2) is 2.79. The van der Waals surface area contributed by atoms with Crippen LogP contribution in [0.1, 0.15) is 18.3 Å². The molecule has 0 bridgehead atoms. The summed E-state index contributed by atoms with van der Waals surface area (Å²) in [5, 5.41) is 4.44. The third-order valence-electron chi connectivity index (χ3n) is 3.67. The fourth-order valence-corrected chi connectivity index (χ4v) is 2.55. The van der Waals surface area contributed by atoms with Crippen molar-refractivity contribution in [2.24, 2.45) is 17.0 Å². The Morgan fingerprint density at radius 1 is 1.31 bits per heavy atom.